The van der Waals surface area contributed by atoms with Gasteiger partial charge in [0.05, 0.1) is 33.4 Å². The van der Waals surface area contributed by atoms with E-state index in [-0.39, 0.29) is 38.9 Å². The number of amides is 2. The summed E-state index contributed by atoms with van der Waals surface area (Å²) in [5.41, 5.74) is 5.30. The summed E-state index contributed by atoms with van der Waals surface area (Å²) in [5, 5.41) is 2.97. The Morgan fingerprint density at radius 2 is 1.89 bits per heavy atom. The van der Waals surface area contributed by atoms with Gasteiger partial charge in [-0.3, -0.25) is 19.0 Å². The van der Waals surface area contributed by atoms with Crippen molar-refractivity contribution in [2.45, 2.75) is 56.4 Å². The van der Waals surface area contributed by atoms with Gasteiger partial charge < -0.3 is 11.1 Å². The fourth-order valence-corrected chi connectivity index (χ4v) is 5.51. The topological polar surface area (TPSA) is 154 Å². The van der Waals surface area contributed by atoms with Crippen molar-refractivity contribution in [1.82, 2.24) is 14.5 Å². The van der Waals surface area contributed by atoms with Crippen LogP contribution in [0, 0.1) is 5.92 Å². The summed E-state index contributed by atoms with van der Waals surface area (Å²) in [5.74, 6) is -0.602. The minimum atomic E-state index is -3.45. The monoisotopic (exact) mass is 511 g/mol. The molecule has 3 N–H and O–H groups in total. The second-order valence-electron chi connectivity index (χ2n) is 9.08. The molecule has 1 unspecified atom stereocenters. The molecule has 0 bridgehead atoms. The van der Waals surface area contributed by atoms with Crippen LogP contribution < -0.4 is 16.6 Å². The van der Waals surface area contributed by atoms with Crippen molar-refractivity contribution in [3.05, 3.63) is 58.8 Å². The summed E-state index contributed by atoms with van der Waals surface area (Å²) in [6.45, 7) is 1.55. The van der Waals surface area contributed by atoms with E-state index in [1.807, 2.05) is 0 Å². The Kier molecular flexibility index (Phi) is 7.48. The Hall–Kier alpha value is -3.60. The summed E-state index contributed by atoms with van der Waals surface area (Å²) in [6.07, 6.45) is 8.31. The van der Waals surface area contributed by atoms with Crippen LogP contribution in [0.5, 0.6) is 0 Å². The first kappa shape index (κ1) is 25.5. The van der Waals surface area contributed by atoms with E-state index in [2.05, 4.69) is 15.3 Å². The van der Waals surface area contributed by atoms with Gasteiger partial charge in [0.1, 0.15) is 11.9 Å². The molecule has 0 saturated heterocycles. The highest BCUT2D eigenvalue weighted by Gasteiger charge is 2.28. The maximum Gasteiger partial charge on any atom is 0.261 e. The predicted octanol–water partition coefficient (Wildman–Crippen LogP) is 2.83. The smallest absolute Gasteiger partial charge is 0.261 e. The Labute approximate surface area is 208 Å². The molecule has 1 fully saturated rings. The highest BCUT2D eigenvalue weighted by molar-refractivity contribution is 7.91. The largest absolute Gasteiger partial charge is 0.366 e. The number of carbonyl (C=O) groups is 2. The van der Waals surface area contributed by atoms with Gasteiger partial charge in [0, 0.05) is 6.20 Å². The first-order valence-electron chi connectivity index (χ1n) is 12.0. The van der Waals surface area contributed by atoms with E-state index in [9.17, 15) is 22.8 Å². The van der Waals surface area contributed by atoms with Crippen molar-refractivity contribution in [2.24, 2.45) is 11.7 Å². The Balaban J connectivity index is 1.69. The minimum absolute atomic E-state index is 0.0618. The molecule has 2 amide bonds. The molecule has 1 aliphatic carbocycles. The second kappa shape index (κ2) is 10.6. The molecule has 0 spiro atoms. The molecule has 1 aliphatic rings. The van der Waals surface area contributed by atoms with Gasteiger partial charge in [-0.15, -0.1) is 0 Å². The van der Waals surface area contributed by atoms with Gasteiger partial charge in [-0.05, 0) is 42.7 Å². The van der Waals surface area contributed by atoms with E-state index >= 15 is 0 Å². The molecule has 1 saturated carbocycles. The lowest BCUT2D eigenvalue weighted by Crippen LogP contribution is -2.35. The van der Waals surface area contributed by atoms with E-state index < -0.39 is 33.3 Å². The molecule has 0 radical (unpaired) electrons. The second-order valence-corrected chi connectivity index (χ2v) is 11.4. The Bertz CT molecular complexity index is 1440. The van der Waals surface area contributed by atoms with Gasteiger partial charge in [0.25, 0.3) is 5.56 Å². The summed E-state index contributed by atoms with van der Waals surface area (Å²) < 4.78 is 25.8. The van der Waals surface area contributed by atoms with Crippen molar-refractivity contribution in [2.75, 3.05) is 11.1 Å². The summed E-state index contributed by atoms with van der Waals surface area (Å²) in [7, 11) is -3.45. The van der Waals surface area contributed by atoms with Crippen LogP contribution in [-0.2, 0) is 14.6 Å². The van der Waals surface area contributed by atoms with E-state index in [0.717, 1.165) is 32.1 Å². The third kappa shape index (κ3) is 5.46. The number of anilines is 1. The molecular weight excluding hydrogens is 482 g/mol. The SMILES string of the molecule is CCS(=O)(=O)c1ccc2c(=O)n(C(CC3CCCCC3)C(=O)Nc3ccc(C(N)=O)cn3)cnc2c1. The number of nitrogens with zero attached hydrogens (tertiary/aromatic N) is 3. The lowest BCUT2D eigenvalue weighted by molar-refractivity contribution is -0.120. The number of carbonyl (C=O) groups excluding carboxylic acids is 2. The van der Waals surface area contributed by atoms with Gasteiger partial charge in [-0.25, -0.2) is 18.4 Å². The number of sulfone groups is 1. The Morgan fingerprint density at radius 1 is 1.14 bits per heavy atom. The molecule has 1 atom stereocenters. The van der Waals surface area contributed by atoms with Crippen LogP contribution in [0.2, 0.25) is 0 Å². The average Bonchev–Trinajstić information content (AvgIpc) is 2.88. The van der Waals surface area contributed by atoms with Gasteiger partial charge in [-0.1, -0.05) is 39.0 Å². The number of nitrogens with two attached hydrogens (primary N) is 1. The van der Waals surface area contributed by atoms with Crippen LogP contribution in [0.1, 0.15) is 61.8 Å². The molecule has 0 aliphatic heterocycles. The minimum Gasteiger partial charge on any atom is -0.366 e. The number of fused-ring (bicyclic) bond motifs is 1. The first-order chi connectivity index (χ1) is 17.2. The Morgan fingerprint density at radius 3 is 2.53 bits per heavy atom. The lowest BCUT2D eigenvalue weighted by Gasteiger charge is -2.27. The fourth-order valence-electron chi connectivity index (χ4n) is 4.61. The van der Waals surface area contributed by atoms with Crippen LogP contribution in [0.15, 0.2) is 52.5 Å². The van der Waals surface area contributed by atoms with E-state index in [1.165, 1.54) is 47.4 Å². The molecule has 2 heterocycles. The van der Waals surface area contributed by atoms with Crippen molar-refractivity contribution in [3.63, 3.8) is 0 Å². The molecule has 2 aromatic heterocycles. The van der Waals surface area contributed by atoms with Gasteiger partial charge in [0.2, 0.25) is 11.8 Å². The summed E-state index contributed by atoms with van der Waals surface area (Å²) in [4.78, 5) is 46.7. The van der Waals surface area contributed by atoms with E-state index in [1.54, 1.807) is 6.92 Å². The lowest BCUT2D eigenvalue weighted by atomic mass is 9.84. The number of benzene rings is 1. The van der Waals surface area contributed by atoms with Crippen LogP contribution in [0.4, 0.5) is 5.82 Å². The standard InChI is InChI=1S/C25H29N5O5S/c1-2-36(34,35)18-9-10-19-20(13-18)28-15-30(25(19)33)21(12-16-6-4-3-5-7-16)24(32)29-22-11-8-17(14-27-22)23(26)31/h8-11,13-16,21H,2-7,12H2,1H3,(H2,26,31)(H,27,29,32). The van der Waals surface area contributed by atoms with Crippen LogP contribution in [-0.4, -0.2) is 40.5 Å². The highest BCUT2D eigenvalue weighted by atomic mass is 32.2. The predicted molar refractivity (Wildman–Crippen MR) is 135 cm³/mol. The quantitative estimate of drug-likeness (QED) is 0.471. The average molecular weight is 512 g/mol. The molecule has 3 aromatic rings. The van der Waals surface area contributed by atoms with Gasteiger partial charge >= 0.3 is 0 Å². The number of aromatic nitrogens is 3. The molecule has 1 aromatic carbocycles. The zero-order valence-corrected chi connectivity index (χ0v) is 20.8. The summed E-state index contributed by atoms with van der Waals surface area (Å²) >= 11 is 0. The number of pyridine rings is 1. The van der Waals surface area contributed by atoms with Crippen molar-refractivity contribution in [1.29, 1.82) is 0 Å². The van der Waals surface area contributed by atoms with Gasteiger partial charge in [-0.2, -0.15) is 0 Å². The first-order valence-corrected chi connectivity index (χ1v) is 13.6. The molecule has 4 rings (SSSR count). The number of hydrogen-bond acceptors (Lipinski definition) is 7. The van der Waals surface area contributed by atoms with Crippen molar-refractivity contribution in [3.8, 4) is 0 Å². The normalized spacial score (nSPS) is 15.5. The van der Waals surface area contributed by atoms with Crippen molar-refractivity contribution >= 4 is 38.4 Å². The molecule has 190 valence electrons. The third-order valence-corrected chi connectivity index (χ3v) is 8.45. The number of rotatable bonds is 8. The van der Waals surface area contributed by atoms with Crippen LogP contribution >= 0.6 is 0 Å². The number of nitrogens with one attached hydrogen (secondary N) is 1. The maximum atomic E-state index is 13.4. The molecule has 36 heavy (non-hydrogen) atoms. The molecular formula is C25H29N5O5S. The molecule has 11 heteroatoms. The number of primary amides is 1. The van der Waals surface area contributed by atoms with Crippen LogP contribution in [0.3, 0.4) is 0 Å². The molecule has 10 nitrogen and oxygen atoms in total. The van der Waals surface area contributed by atoms with E-state index in [4.69, 9.17) is 5.73 Å². The number of hydrogen-bond donors (Lipinski definition) is 2. The maximum absolute atomic E-state index is 13.4. The highest BCUT2D eigenvalue weighted by Crippen LogP contribution is 2.31. The van der Waals surface area contributed by atoms with Crippen molar-refractivity contribution < 1.29 is 18.0 Å². The van der Waals surface area contributed by atoms with Crippen LogP contribution in [0.25, 0.3) is 10.9 Å². The fraction of sp³-hybridized carbons (Fsp3) is 0.400. The van der Waals surface area contributed by atoms with E-state index in [0.29, 0.717) is 6.42 Å². The van der Waals surface area contributed by atoms with Gasteiger partial charge in [0.15, 0.2) is 9.84 Å². The third-order valence-electron chi connectivity index (χ3n) is 6.71. The zero-order valence-electron chi connectivity index (χ0n) is 20.0. The zero-order chi connectivity index (χ0) is 25.9. The summed E-state index contributed by atoms with van der Waals surface area (Å²) in [6, 6.07) is 6.34.